The molecule has 2 aliphatic heterocycles. The molecule has 1 amide bonds. The predicted octanol–water partition coefficient (Wildman–Crippen LogP) is 4.18. The monoisotopic (exact) mass is 392 g/mol. The highest BCUT2D eigenvalue weighted by Gasteiger charge is 2.29. The van der Waals surface area contributed by atoms with Crippen molar-refractivity contribution in [2.24, 2.45) is 0 Å². The number of hydrogen-bond acceptors (Lipinski definition) is 4. The molecule has 2 aromatic carbocycles. The summed E-state index contributed by atoms with van der Waals surface area (Å²) in [5.74, 6) is 1.51. The summed E-state index contributed by atoms with van der Waals surface area (Å²) < 4.78 is 25.3. The van der Waals surface area contributed by atoms with Gasteiger partial charge in [0.15, 0.2) is 5.89 Å². The van der Waals surface area contributed by atoms with E-state index in [2.05, 4.69) is 4.98 Å². The number of rotatable bonds is 3. The molecule has 1 saturated heterocycles. The zero-order valence-electron chi connectivity index (χ0n) is 15.9. The van der Waals surface area contributed by atoms with Gasteiger partial charge in [0.25, 0.3) is 5.91 Å². The summed E-state index contributed by atoms with van der Waals surface area (Å²) in [6.45, 7) is 2.43. The van der Waals surface area contributed by atoms with E-state index in [1.807, 2.05) is 0 Å². The van der Waals surface area contributed by atoms with E-state index >= 15 is 0 Å². The lowest BCUT2D eigenvalue weighted by Gasteiger charge is -2.25. The predicted molar refractivity (Wildman–Crippen MR) is 105 cm³/mol. The van der Waals surface area contributed by atoms with Crippen molar-refractivity contribution >= 4 is 5.91 Å². The summed E-state index contributed by atoms with van der Waals surface area (Å²) in [6.07, 6.45) is 1.59. The smallest absolute Gasteiger partial charge is 0.254 e. The van der Waals surface area contributed by atoms with Crippen LogP contribution in [0.25, 0.3) is 11.1 Å². The zero-order valence-corrected chi connectivity index (χ0v) is 15.9. The largest absolute Gasteiger partial charge is 0.445 e. The van der Waals surface area contributed by atoms with Gasteiger partial charge in [-0.1, -0.05) is 30.3 Å². The van der Waals surface area contributed by atoms with Crippen LogP contribution in [0.3, 0.4) is 0 Å². The lowest BCUT2D eigenvalue weighted by atomic mass is 10.0. The van der Waals surface area contributed by atoms with Gasteiger partial charge in [-0.25, -0.2) is 9.37 Å². The summed E-state index contributed by atoms with van der Waals surface area (Å²) in [4.78, 5) is 19.4. The summed E-state index contributed by atoms with van der Waals surface area (Å²) >= 11 is 0. The van der Waals surface area contributed by atoms with Crippen molar-refractivity contribution in [1.82, 2.24) is 9.88 Å². The molecule has 1 unspecified atom stereocenters. The van der Waals surface area contributed by atoms with Crippen LogP contribution in [-0.4, -0.2) is 35.5 Å². The first-order chi connectivity index (χ1) is 14.2. The lowest BCUT2D eigenvalue weighted by Crippen LogP contribution is -2.35. The molecule has 0 radical (unpaired) electrons. The first-order valence-electron chi connectivity index (χ1n) is 9.89. The number of hydrogen-bond donors (Lipinski definition) is 0. The number of fused-ring (bicyclic) bond motifs is 1. The van der Waals surface area contributed by atoms with Gasteiger partial charge in [0, 0.05) is 30.7 Å². The number of nitrogens with zero attached hydrogens (tertiary/aromatic N) is 2. The van der Waals surface area contributed by atoms with Gasteiger partial charge < -0.3 is 14.1 Å². The van der Waals surface area contributed by atoms with Gasteiger partial charge in [-0.05, 0) is 30.2 Å². The van der Waals surface area contributed by atoms with Crippen molar-refractivity contribution in [3.05, 3.63) is 77.3 Å². The first kappa shape index (κ1) is 18.1. The minimum Gasteiger partial charge on any atom is -0.445 e. The minimum absolute atomic E-state index is 0.0514. The number of amides is 1. The molecule has 0 N–H and O–H groups in total. The third kappa shape index (κ3) is 3.44. The summed E-state index contributed by atoms with van der Waals surface area (Å²) in [7, 11) is 0. The molecular formula is C23H21FN2O3. The fourth-order valence-corrected chi connectivity index (χ4v) is 3.97. The van der Waals surface area contributed by atoms with Gasteiger partial charge >= 0.3 is 0 Å². The van der Waals surface area contributed by atoms with E-state index in [-0.39, 0.29) is 17.6 Å². The molecule has 1 fully saturated rings. The molecule has 29 heavy (non-hydrogen) atoms. The van der Waals surface area contributed by atoms with E-state index in [4.69, 9.17) is 9.15 Å². The van der Waals surface area contributed by atoms with Crippen molar-refractivity contribution < 1.29 is 18.3 Å². The fourth-order valence-electron chi connectivity index (χ4n) is 3.97. The van der Waals surface area contributed by atoms with Crippen LogP contribution in [0.5, 0.6) is 0 Å². The van der Waals surface area contributed by atoms with E-state index in [9.17, 15) is 9.18 Å². The Morgan fingerprint density at radius 2 is 1.97 bits per heavy atom. The van der Waals surface area contributed by atoms with Gasteiger partial charge in [0.1, 0.15) is 17.3 Å². The second-order valence-electron chi connectivity index (χ2n) is 7.52. The van der Waals surface area contributed by atoms with E-state index in [0.717, 1.165) is 35.9 Å². The highest BCUT2D eigenvalue weighted by molar-refractivity contribution is 5.94. The third-order valence-electron chi connectivity index (χ3n) is 5.63. The van der Waals surface area contributed by atoms with Gasteiger partial charge in [0.2, 0.25) is 0 Å². The molecule has 6 heteroatoms. The van der Waals surface area contributed by atoms with Crippen LogP contribution in [0.1, 0.15) is 40.0 Å². The van der Waals surface area contributed by atoms with Crippen LogP contribution >= 0.6 is 0 Å². The number of carbonyl (C=O) groups excluding carboxylic acids is 1. The average Bonchev–Trinajstić information content (AvgIpc) is 3.43. The molecule has 1 atom stereocenters. The number of ether oxygens (including phenoxy) is 1. The SMILES string of the molecule is O=C(c1ccc(-c2ccccc2F)cc1)N1CCc2oc(C3CCOC3)nc2C1. The Hall–Kier alpha value is -2.99. The summed E-state index contributed by atoms with van der Waals surface area (Å²) in [6, 6.07) is 13.7. The summed E-state index contributed by atoms with van der Waals surface area (Å²) in [5, 5.41) is 0. The van der Waals surface area contributed by atoms with E-state index in [1.165, 1.54) is 6.07 Å². The van der Waals surface area contributed by atoms with Crippen molar-refractivity contribution in [2.45, 2.75) is 25.3 Å². The number of halogens is 1. The van der Waals surface area contributed by atoms with Crippen molar-refractivity contribution in [3.8, 4) is 11.1 Å². The molecule has 0 aliphatic carbocycles. The Bertz CT molecular complexity index is 1040. The molecule has 5 rings (SSSR count). The number of carbonyl (C=O) groups is 1. The molecule has 2 aliphatic rings. The normalized spacial score (nSPS) is 18.7. The fraction of sp³-hybridized carbons (Fsp3) is 0.304. The van der Waals surface area contributed by atoms with Crippen LogP contribution < -0.4 is 0 Å². The molecule has 148 valence electrons. The Balaban J connectivity index is 1.32. The lowest BCUT2D eigenvalue weighted by molar-refractivity contribution is 0.0728. The van der Waals surface area contributed by atoms with Gasteiger partial charge in [-0.3, -0.25) is 4.79 Å². The van der Waals surface area contributed by atoms with Gasteiger partial charge in [0.05, 0.1) is 19.1 Å². The van der Waals surface area contributed by atoms with Gasteiger partial charge in [-0.15, -0.1) is 0 Å². The van der Waals surface area contributed by atoms with Crippen molar-refractivity contribution in [1.29, 1.82) is 0 Å². The number of benzene rings is 2. The van der Waals surface area contributed by atoms with E-state index in [0.29, 0.717) is 37.2 Å². The standard InChI is InChI=1S/C23H21FN2O3/c24-19-4-2-1-3-18(19)15-5-7-16(8-6-15)23(27)26-11-9-21-20(13-26)25-22(29-21)17-10-12-28-14-17/h1-8,17H,9-14H2. The molecule has 0 saturated carbocycles. The highest BCUT2D eigenvalue weighted by atomic mass is 19.1. The van der Waals surface area contributed by atoms with Crippen LogP contribution in [0.15, 0.2) is 52.9 Å². The maximum atomic E-state index is 14.0. The zero-order chi connectivity index (χ0) is 19.8. The highest BCUT2D eigenvalue weighted by Crippen LogP contribution is 2.29. The molecule has 1 aromatic heterocycles. The Kier molecular flexibility index (Phi) is 4.64. The van der Waals surface area contributed by atoms with Crippen LogP contribution in [0, 0.1) is 5.82 Å². The number of aromatic nitrogens is 1. The first-order valence-corrected chi connectivity index (χ1v) is 9.89. The van der Waals surface area contributed by atoms with E-state index < -0.39 is 0 Å². The second kappa shape index (κ2) is 7.44. The van der Waals surface area contributed by atoms with Crippen LogP contribution in [-0.2, 0) is 17.7 Å². The summed E-state index contributed by atoms with van der Waals surface area (Å²) in [5.41, 5.74) is 2.71. The second-order valence-corrected chi connectivity index (χ2v) is 7.52. The molecule has 5 nitrogen and oxygen atoms in total. The maximum absolute atomic E-state index is 14.0. The quantitative estimate of drug-likeness (QED) is 0.671. The average molecular weight is 392 g/mol. The van der Waals surface area contributed by atoms with Crippen molar-refractivity contribution in [3.63, 3.8) is 0 Å². The molecule has 0 bridgehead atoms. The topological polar surface area (TPSA) is 55.6 Å². The van der Waals surface area contributed by atoms with Crippen LogP contribution in [0.2, 0.25) is 0 Å². The Labute approximate surface area is 168 Å². The third-order valence-corrected chi connectivity index (χ3v) is 5.63. The Morgan fingerprint density at radius 3 is 2.72 bits per heavy atom. The molecule has 0 spiro atoms. The maximum Gasteiger partial charge on any atom is 0.254 e. The molecule has 3 heterocycles. The van der Waals surface area contributed by atoms with E-state index in [1.54, 1.807) is 47.4 Å². The minimum atomic E-state index is -0.273. The van der Waals surface area contributed by atoms with Crippen molar-refractivity contribution in [2.75, 3.05) is 19.8 Å². The molecular weight excluding hydrogens is 371 g/mol. The molecule has 3 aromatic rings. The van der Waals surface area contributed by atoms with Gasteiger partial charge in [-0.2, -0.15) is 0 Å². The Morgan fingerprint density at radius 1 is 1.14 bits per heavy atom. The number of oxazole rings is 1. The van der Waals surface area contributed by atoms with Crippen LogP contribution in [0.4, 0.5) is 4.39 Å².